The van der Waals surface area contributed by atoms with Crippen molar-refractivity contribution < 1.29 is 14.2 Å². The minimum absolute atomic E-state index is 0.112. The number of ether oxygens (including phenoxy) is 1. The first-order valence-electron chi connectivity index (χ1n) is 6.96. The average molecular weight is 310 g/mol. The summed E-state index contributed by atoms with van der Waals surface area (Å²) >= 11 is 0. The summed E-state index contributed by atoms with van der Waals surface area (Å²) in [7, 11) is 1.62. The van der Waals surface area contributed by atoms with Crippen LogP contribution in [0.15, 0.2) is 40.9 Å². The molecule has 1 heterocycles. The molecule has 0 unspecified atom stereocenters. The fraction of sp³-hybridized carbons (Fsp3) is 0.118. The van der Waals surface area contributed by atoms with Crippen molar-refractivity contribution in [1.82, 2.24) is 5.16 Å². The summed E-state index contributed by atoms with van der Waals surface area (Å²) in [5.41, 5.74) is 1.05. The van der Waals surface area contributed by atoms with Crippen LogP contribution in [0.1, 0.15) is 17.0 Å². The second-order valence-electron chi connectivity index (χ2n) is 4.97. The van der Waals surface area contributed by atoms with Crippen LogP contribution in [0.2, 0.25) is 0 Å². The van der Waals surface area contributed by atoms with E-state index in [9.17, 15) is 10.1 Å². The number of nitrogens with zero attached hydrogens (tertiary/aromatic N) is 2. The number of hydrogen-bond donors (Lipinski definition) is 0. The topological polar surface area (TPSA) is 78.4 Å². The molecule has 116 valence electrons. The number of hydrogen-bond acceptors (Lipinski definition) is 5. The molecular formula is C17H14N2O4. The normalized spacial score (nSPS) is 11.2. The van der Waals surface area contributed by atoms with E-state index in [0.29, 0.717) is 0 Å². The summed E-state index contributed by atoms with van der Waals surface area (Å²) in [5, 5.41) is 16.7. The fourth-order valence-corrected chi connectivity index (χ4v) is 2.50. The van der Waals surface area contributed by atoms with Gasteiger partial charge in [-0.1, -0.05) is 41.6 Å². The molecule has 0 radical (unpaired) electrons. The van der Waals surface area contributed by atoms with Gasteiger partial charge in [0.25, 0.3) is 0 Å². The molecule has 0 atom stereocenters. The van der Waals surface area contributed by atoms with E-state index in [0.717, 1.165) is 22.1 Å². The van der Waals surface area contributed by atoms with Crippen molar-refractivity contribution >= 4 is 28.6 Å². The molecule has 6 heteroatoms. The minimum atomic E-state index is -0.488. The van der Waals surface area contributed by atoms with Gasteiger partial charge in [0.05, 0.1) is 12.0 Å². The molecule has 2 aromatic carbocycles. The van der Waals surface area contributed by atoms with Gasteiger partial charge in [0.15, 0.2) is 5.69 Å². The Balaban J connectivity index is 2.08. The highest BCUT2D eigenvalue weighted by Crippen LogP contribution is 2.30. The fourth-order valence-electron chi connectivity index (χ4n) is 2.50. The molecule has 6 nitrogen and oxygen atoms in total. The predicted octanol–water partition coefficient (Wildman–Crippen LogP) is 4.22. The third-order valence-electron chi connectivity index (χ3n) is 3.59. The second kappa shape index (κ2) is 5.92. The summed E-state index contributed by atoms with van der Waals surface area (Å²) in [6.07, 6.45) is 3.33. The van der Waals surface area contributed by atoms with Crippen LogP contribution in [0.4, 0.5) is 5.69 Å². The van der Waals surface area contributed by atoms with Crippen LogP contribution in [-0.2, 0) is 0 Å². The maximum Gasteiger partial charge on any atom is 0.338 e. The number of fused-ring (bicyclic) bond motifs is 1. The summed E-state index contributed by atoms with van der Waals surface area (Å²) < 4.78 is 10.4. The SMILES string of the molecule is COc1ccc(/C=C\c2onc(C)c2[N+](=O)[O-])c2ccccc12. The van der Waals surface area contributed by atoms with Crippen LogP contribution in [0.25, 0.3) is 22.9 Å². The maximum absolute atomic E-state index is 11.1. The van der Waals surface area contributed by atoms with E-state index in [1.807, 2.05) is 36.4 Å². The molecule has 23 heavy (non-hydrogen) atoms. The zero-order valence-electron chi connectivity index (χ0n) is 12.6. The summed E-state index contributed by atoms with van der Waals surface area (Å²) in [6, 6.07) is 11.6. The van der Waals surface area contributed by atoms with Crippen LogP contribution in [-0.4, -0.2) is 17.2 Å². The molecular weight excluding hydrogens is 296 g/mol. The molecule has 0 bridgehead atoms. The van der Waals surface area contributed by atoms with Gasteiger partial charge in [0.1, 0.15) is 5.75 Å². The van der Waals surface area contributed by atoms with Crippen LogP contribution < -0.4 is 4.74 Å². The zero-order chi connectivity index (χ0) is 16.4. The van der Waals surface area contributed by atoms with Gasteiger partial charge >= 0.3 is 5.69 Å². The Morgan fingerprint density at radius 3 is 2.61 bits per heavy atom. The highest BCUT2D eigenvalue weighted by molar-refractivity contribution is 5.96. The molecule has 0 saturated heterocycles. The molecule has 1 aromatic heterocycles. The highest BCUT2D eigenvalue weighted by atomic mass is 16.6. The summed E-state index contributed by atoms with van der Waals surface area (Å²) in [4.78, 5) is 10.6. The lowest BCUT2D eigenvalue weighted by Gasteiger charge is -2.07. The largest absolute Gasteiger partial charge is 0.496 e. The van der Waals surface area contributed by atoms with Gasteiger partial charge in [0.2, 0.25) is 5.76 Å². The van der Waals surface area contributed by atoms with Gasteiger partial charge in [-0.2, -0.15) is 0 Å². The van der Waals surface area contributed by atoms with Gasteiger partial charge in [-0.3, -0.25) is 10.1 Å². The van der Waals surface area contributed by atoms with Crippen molar-refractivity contribution in [2.24, 2.45) is 0 Å². The molecule has 0 N–H and O–H groups in total. The van der Waals surface area contributed by atoms with E-state index in [4.69, 9.17) is 9.26 Å². The van der Waals surface area contributed by atoms with E-state index in [1.54, 1.807) is 26.2 Å². The van der Waals surface area contributed by atoms with Gasteiger partial charge < -0.3 is 9.26 Å². The Labute approximate surface area is 132 Å². The first-order chi connectivity index (χ1) is 11.1. The molecule has 0 aliphatic heterocycles. The Morgan fingerprint density at radius 2 is 1.91 bits per heavy atom. The van der Waals surface area contributed by atoms with Crippen molar-refractivity contribution in [2.45, 2.75) is 6.92 Å². The summed E-state index contributed by atoms with van der Waals surface area (Å²) in [6.45, 7) is 1.54. The van der Waals surface area contributed by atoms with Crippen LogP contribution >= 0.6 is 0 Å². The first kappa shape index (κ1) is 14.8. The van der Waals surface area contributed by atoms with E-state index in [-0.39, 0.29) is 17.1 Å². The Bertz CT molecular complexity index is 912. The van der Waals surface area contributed by atoms with E-state index < -0.39 is 4.92 Å². The summed E-state index contributed by atoms with van der Waals surface area (Å²) in [5.74, 6) is 0.909. The lowest BCUT2D eigenvalue weighted by Crippen LogP contribution is -1.90. The lowest BCUT2D eigenvalue weighted by atomic mass is 10.0. The van der Waals surface area contributed by atoms with E-state index in [1.165, 1.54) is 0 Å². The van der Waals surface area contributed by atoms with Gasteiger partial charge in [-0.05, 0) is 30.0 Å². The third-order valence-corrected chi connectivity index (χ3v) is 3.59. The van der Waals surface area contributed by atoms with Crippen LogP contribution in [0, 0.1) is 17.0 Å². The van der Waals surface area contributed by atoms with Gasteiger partial charge in [-0.25, -0.2) is 0 Å². The number of rotatable bonds is 4. The number of nitro groups is 1. The molecule has 3 rings (SSSR count). The molecule has 0 aliphatic rings. The zero-order valence-corrected chi connectivity index (χ0v) is 12.6. The van der Waals surface area contributed by atoms with E-state index in [2.05, 4.69) is 5.16 Å². The Kier molecular flexibility index (Phi) is 3.80. The van der Waals surface area contributed by atoms with Gasteiger partial charge in [0, 0.05) is 5.39 Å². The van der Waals surface area contributed by atoms with Crippen molar-refractivity contribution in [1.29, 1.82) is 0 Å². The molecule has 0 amide bonds. The Morgan fingerprint density at radius 1 is 1.17 bits per heavy atom. The smallest absolute Gasteiger partial charge is 0.338 e. The monoisotopic (exact) mass is 310 g/mol. The quantitative estimate of drug-likeness (QED) is 0.532. The molecule has 0 saturated carbocycles. The van der Waals surface area contributed by atoms with Gasteiger partial charge in [-0.15, -0.1) is 0 Å². The molecule has 0 spiro atoms. The number of aromatic nitrogens is 1. The molecule has 3 aromatic rings. The lowest BCUT2D eigenvalue weighted by molar-refractivity contribution is -0.386. The van der Waals surface area contributed by atoms with Crippen molar-refractivity contribution in [2.75, 3.05) is 7.11 Å². The predicted molar refractivity (Wildman–Crippen MR) is 87.3 cm³/mol. The van der Waals surface area contributed by atoms with Crippen molar-refractivity contribution in [3.05, 3.63) is 63.5 Å². The van der Waals surface area contributed by atoms with Crippen LogP contribution in [0.3, 0.4) is 0 Å². The standard InChI is InChI=1S/C17H14N2O4/c1-11-17(19(20)21)16(23-18-11)10-8-12-7-9-15(22-2)14-6-4-3-5-13(12)14/h3-10H,1-2H3/b10-8-. The third kappa shape index (κ3) is 2.66. The maximum atomic E-state index is 11.1. The first-order valence-corrected chi connectivity index (χ1v) is 6.96. The number of aryl methyl sites for hydroxylation is 1. The molecule has 0 fully saturated rings. The highest BCUT2D eigenvalue weighted by Gasteiger charge is 2.21. The van der Waals surface area contributed by atoms with E-state index >= 15 is 0 Å². The second-order valence-corrected chi connectivity index (χ2v) is 4.97. The minimum Gasteiger partial charge on any atom is -0.496 e. The van der Waals surface area contributed by atoms with Crippen molar-refractivity contribution in [3.63, 3.8) is 0 Å². The number of benzene rings is 2. The van der Waals surface area contributed by atoms with Crippen molar-refractivity contribution in [3.8, 4) is 5.75 Å². The van der Waals surface area contributed by atoms with Crippen LogP contribution in [0.5, 0.6) is 5.75 Å². The average Bonchev–Trinajstić information content (AvgIpc) is 2.93. The molecule has 0 aliphatic carbocycles. The Hall–Kier alpha value is -3.15. The number of methoxy groups -OCH3 is 1.